The number of carbonyl (C=O) groups is 1. The van der Waals surface area contributed by atoms with Crippen molar-refractivity contribution in [2.45, 2.75) is 37.6 Å². The van der Waals surface area contributed by atoms with Crippen molar-refractivity contribution >= 4 is 11.6 Å². The number of amides is 1. The largest absolute Gasteiger partial charge is 0.493 e. The first-order chi connectivity index (χ1) is 9.59. The molecule has 2 rings (SSSR count). The van der Waals surface area contributed by atoms with Crippen molar-refractivity contribution in [1.82, 2.24) is 0 Å². The topological polar surface area (TPSA) is 73.6 Å². The Labute approximate surface area is 119 Å². The minimum absolute atomic E-state index is 0.121. The molecule has 0 atom stereocenters. The van der Waals surface area contributed by atoms with Gasteiger partial charge in [-0.1, -0.05) is 19.3 Å². The van der Waals surface area contributed by atoms with Crippen molar-refractivity contribution in [3.63, 3.8) is 0 Å². The summed E-state index contributed by atoms with van der Waals surface area (Å²) in [6.07, 6.45) is 4.66. The number of nitrogens with two attached hydrogens (primary N) is 1. The van der Waals surface area contributed by atoms with Crippen molar-refractivity contribution in [3.05, 3.63) is 18.2 Å². The zero-order valence-electron chi connectivity index (χ0n) is 12.1. The zero-order valence-corrected chi connectivity index (χ0v) is 12.1. The van der Waals surface area contributed by atoms with Crippen LogP contribution >= 0.6 is 0 Å². The van der Waals surface area contributed by atoms with Gasteiger partial charge < -0.3 is 20.5 Å². The van der Waals surface area contributed by atoms with E-state index >= 15 is 0 Å². The molecule has 5 heteroatoms. The van der Waals surface area contributed by atoms with E-state index in [1.807, 2.05) is 0 Å². The summed E-state index contributed by atoms with van der Waals surface area (Å²) in [5.74, 6) is 1.09. The maximum absolute atomic E-state index is 12.3. The number of methoxy groups -OCH3 is 2. The molecule has 0 saturated heterocycles. The fourth-order valence-corrected chi connectivity index (χ4v) is 2.58. The molecule has 5 nitrogen and oxygen atoms in total. The van der Waals surface area contributed by atoms with Gasteiger partial charge in [-0.3, -0.25) is 4.79 Å². The lowest BCUT2D eigenvalue weighted by molar-refractivity contribution is -0.122. The normalized spacial score (nSPS) is 17.4. The second-order valence-corrected chi connectivity index (χ2v) is 5.24. The van der Waals surface area contributed by atoms with E-state index < -0.39 is 5.54 Å². The van der Waals surface area contributed by atoms with Gasteiger partial charge in [0.15, 0.2) is 11.5 Å². The van der Waals surface area contributed by atoms with Crippen LogP contribution in [0.25, 0.3) is 0 Å². The summed E-state index contributed by atoms with van der Waals surface area (Å²) in [6, 6.07) is 5.28. The van der Waals surface area contributed by atoms with Crippen molar-refractivity contribution in [2.75, 3.05) is 19.5 Å². The van der Waals surface area contributed by atoms with Gasteiger partial charge in [-0.25, -0.2) is 0 Å². The monoisotopic (exact) mass is 278 g/mol. The van der Waals surface area contributed by atoms with Crippen LogP contribution in [0.4, 0.5) is 5.69 Å². The Bertz CT molecular complexity index is 482. The third-order valence-electron chi connectivity index (χ3n) is 3.84. The van der Waals surface area contributed by atoms with E-state index in [0.29, 0.717) is 17.2 Å². The number of hydrogen-bond acceptors (Lipinski definition) is 4. The van der Waals surface area contributed by atoms with E-state index in [-0.39, 0.29) is 5.91 Å². The van der Waals surface area contributed by atoms with Gasteiger partial charge in [0.25, 0.3) is 0 Å². The summed E-state index contributed by atoms with van der Waals surface area (Å²) in [7, 11) is 3.14. The third-order valence-corrected chi connectivity index (χ3v) is 3.84. The van der Waals surface area contributed by atoms with Gasteiger partial charge in [-0.2, -0.15) is 0 Å². The molecule has 1 amide bonds. The first kappa shape index (κ1) is 14.7. The molecule has 0 unspecified atom stereocenters. The molecule has 0 aliphatic heterocycles. The lowest BCUT2D eigenvalue weighted by Gasteiger charge is -2.31. The number of anilines is 1. The second kappa shape index (κ2) is 6.13. The molecule has 110 valence electrons. The fraction of sp³-hybridized carbons (Fsp3) is 0.533. The number of nitrogens with one attached hydrogen (secondary N) is 1. The number of hydrogen-bond donors (Lipinski definition) is 2. The first-order valence-electron chi connectivity index (χ1n) is 6.91. The van der Waals surface area contributed by atoms with Crippen LogP contribution in [0.2, 0.25) is 0 Å². The molecule has 20 heavy (non-hydrogen) atoms. The minimum Gasteiger partial charge on any atom is -0.493 e. The lowest BCUT2D eigenvalue weighted by atomic mass is 9.82. The molecular weight excluding hydrogens is 256 g/mol. The highest BCUT2D eigenvalue weighted by Crippen LogP contribution is 2.31. The Morgan fingerprint density at radius 1 is 1.15 bits per heavy atom. The van der Waals surface area contributed by atoms with E-state index in [9.17, 15) is 4.79 Å². The van der Waals surface area contributed by atoms with E-state index in [1.165, 1.54) is 0 Å². The summed E-state index contributed by atoms with van der Waals surface area (Å²) in [5.41, 5.74) is 6.13. The number of benzene rings is 1. The van der Waals surface area contributed by atoms with Crippen LogP contribution in [0.3, 0.4) is 0 Å². The average Bonchev–Trinajstić information content (AvgIpc) is 2.47. The highest BCUT2D eigenvalue weighted by Gasteiger charge is 2.35. The molecule has 0 aromatic heterocycles. The number of rotatable bonds is 4. The molecule has 0 heterocycles. The molecule has 1 aliphatic carbocycles. The number of ether oxygens (including phenoxy) is 2. The molecule has 1 fully saturated rings. The fourth-order valence-electron chi connectivity index (χ4n) is 2.58. The maximum Gasteiger partial charge on any atom is 0.244 e. The lowest BCUT2D eigenvalue weighted by Crippen LogP contribution is -2.52. The predicted octanol–water partition coefficient (Wildman–Crippen LogP) is 2.30. The zero-order chi connectivity index (χ0) is 14.6. The molecule has 1 aromatic rings. The van der Waals surface area contributed by atoms with Crippen LogP contribution < -0.4 is 20.5 Å². The van der Waals surface area contributed by atoms with Crippen molar-refractivity contribution in [1.29, 1.82) is 0 Å². The van der Waals surface area contributed by atoms with E-state index in [1.54, 1.807) is 32.4 Å². The molecule has 1 aliphatic rings. The van der Waals surface area contributed by atoms with Crippen molar-refractivity contribution < 1.29 is 14.3 Å². The highest BCUT2D eigenvalue weighted by molar-refractivity contribution is 5.98. The van der Waals surface area contributed by atoms with Crippen LogP contribution in [0.5, 0.6) is 11.5 Å². The van der Waals surface area contributed by atoms with E-state index in [0.717, 1.165) is 32.1 Å². The van der Waals surface area contributed by atoms with Crippen molar-refractivity contribution in [2.24, 2.45) is 5.73 Å². The smallest absolute Gasteiger partial charge is 0.244 e. The van der Waals surface area contributed by atoms with Crippen LogP contribution in [0, 0.1) is 0 Å². The number of carbonyl (C=O) groups excluding carboxylic acids is 1. The molecule has 3 N–H and O–H groups in total. The summed E-state index contributed by atoms with van der Waals surface area (Å²) in [5, 5.41) is 2.88. The first-order valence-corrected chi connectivity index (χ1v) is 6.91. The van der Waals surface area contributed by atoms with Crippen LogP contribution in [-0.4, -0.2) is 25.7 Å². The summed E-state index contributed by atoms with van der Waals surface area (Å²) in [6.45, 7) is 0. The van der Waals surface area contributed by atoms with Gasteiger partial charge in [0, 0.05) is 11.8 Å². The van der Waals surface area contributed by atoms with Crippen LogP contribution in [-0.2, 0) is 4.79 Å². The molecule has 0 radical (unpaired) electrons. The molecule has 1 aromatic carbocycles. The minimum atomic E-state index is -0.745. The van der Waals surface area contributed by atoms with Gasteiger partial charge in [0.05, 0.1) is 19.8 Å². The van der Waals surface area contributed by atoms with Gasteiger partial charge in [-0.15, -0.1) is 0 Å². The predicted molar refractivity (Wildman–Crippen MR) is 78.2 cm³/mol. The van der Waals surface area contributed by atoms with E-state index in [4.69, 9.17) is 15.2 Å². The summed E-state index contributed by atoms with van der Waals surface area (Å²) >= 11 is 0. The standard InChI is InChI=1S/C15H22N2O3/c1-19-12-7-6-11(10-13(12)20-2)17-14(18)15(16)8-4-3-5-9-15/h6-7,10H,3-5,8-9,16H2,1-2H3,(H,17,18). The SMILES string of the molecule is COc1ccc(NC(=O)C2(N)CCCCC2)cc1OC. The van der Waals surface area contributed by atoms with Crippen LogP contribution in [0.15, 0.2) is 18.2 Å². The summed E-state index contributed by atoms with van der Waals surface area (Å²) in [4.78, 5) is 12.3. The highest BCUT2D eigenvalue weighted by atomic mass is 16.5. The summed E-state index contributed by atoms with van der Waals surface area (Å²) < 4.78 is 10.4. The van der Waals surface area contributed by atoms with Crippen molar-refractivity contribution in [3.8, 4) is 11.5 Å². The Morgan fingerprint density at radius 3 is 2.40 bits per heavy atom. The molecule has 0 bridgehead atoms. The van der Waals surface area contributed by atoms with E-state index in [2.05, 4.69) is 5.32 Å². The molecule has 1 saturated carbocycles. The average molecular weight is 278 g/mol. The van der Waals surface area contributed by atoms with Gasteiger partial charge >= 0.3 is 0 Å². The van der Waals surface area contributed by atoms with Gasteiger partial charge in [0.2, 0.25) is 5.91 Å². The third kappa shape index (κ3) is 3.04. The Kier molecular flexibility index (Phi) is 4.49. The Balaban J connectivity index is 2.11. The Morgan fingerprint density at radius 2 is 1.80 bits per heavy atom. The Hall–Kier alpha value is -1.75. The van der Waals surface area contributed by atoms with Gasteiger partial charge in [-0.05, 0) is 25.0 Å². The molecular formula is C15H22N2O3. The quantitative estimate of drug-likeness (QED) is 0.886. The second-order valence-electron chi connectivity index (χ2n) is 5.24. The van der Waals surface area contributed by atoms with Crippen LogP contribution in [0.1, 0.15) is 32.1 Å². The van der Waals surface area contributed by atoms with Gasteiger partial charge in [0.1, 0.15) is 0 Å². The maximum atomic E-state index is 12.3. The molecule has 0 spiro atoms.